The fourth-order valence-corrected chi connectivity index (χ4v) is 3.59. The van der Waals surface area contributed by atoms with Gasteiger partial charge < -0.3 is 25.0 Å². The minimum absolute atomic E-state index is 0.0444. The summed E-state index contributed by atoms with van der Waals surface area (Å²) < 4.78 is 5.19. The average Bonchev–Trinajstić information content (AvgIpc) is 2.69. The van der Waals surface area contributed by atoms with E-state index in [9.17, 15) is 24.9 Å². The molecule has 3 rings (SSSR count). The maximum absolute atomic E-state index is 12.8. The molecule has 8 heteroatoms. The number of carbonyl (C=O) groups excluding carboxylic acids is 1. The van der Waals surface area contributed by atoms with Gasteiger partial charge >= 0.3 is 5.97 Å². The Morgan fingerprint density at radius 2 is 2.11 bits per heavy atom. The predicted molar refractivity (Wildman–Crippen MR) is 99.2 cm³/mol. The number of rotatable bonds is 5. The van der Waals surface area contributed by atoms with E-state index in [1.54, 1.807) is 24.3 Å². The second-order valence-corrected chi connectivity index (χ2v) is 6.95. The molecule has 3 N–H and O–H groups in total. The zero-order chi connectivity index (χ0) is 20.3. The smallest absolute Gasteiger partial charge is 0.314 e. The first kappa shape index (κ1) is 19.6. The number of aliphatic hydroxyl groups excluding tert-OH is 1. The standard InChI is InChI=1S/C20H22N2O6/c1-28-16-4-2-3-13(7-16)9-20(19(26)27)12-22(6-5-17(20)24)18(25)14-8-15(23)11-21-10-14/h2-4,7-8,10-11,17,23-24H,5-6,9,12H2,1H3,(H,26,27)/t17-,20+/m0/s1. The van der Waals surface area contributed by atoms with Crippen LogP contribution in [0.5, 0.6) is 11.5 Å². The number of piperidine rings is 1. The number of aromatic hydroxyl groups is 1. The number of hydrogen-bond donors (Lipinski definition) is 3. The highest BCUT2D eigenvalue weighted by molar-refractivity contribution is 5.95. The van der Waals surface area contributed by atoms with Crippen molar-refractivity contribution in [2.45, 2.75) is 18.9 Å². The number of likely N-dealkylation sites (tertiary alicyclic amines) is 1. The first-order valence-corrected chi connectivity index (χ1v) is 8.83. The summed E-state index contributed by atoms with van der Waals surface area (Å²) in [6, 6.07) is 8.27. The van der Waals surface area contributed by atoms with Crippen LogP contribution in [0.3, 0.4) is 0 Å². The minimum Gasteiger partial charge on any atom is -0.506 e. The molecule has 1 aliphatic rings. The van der Waals surface area contributed by atoms with Crippen molar-refractivity contribution in [1.29, 1.82) is 0 Å². The Kier molecular flexibility index (Phi) is 5.51. The van der Waals surface area contributed by atoms with Crippen molar-refractivity contribution in [2.75, 3.05) is 20.2 Å². The molecule has 0 aliphatic carbocycles. The van der Waals surface area contributed by atoms with Crippen LogP contribution in [-0.2, 0) is 11.2 Å². The first-order valence-electron chi connectivity index (χ1n) is 8.83. The molecule has 1 saturated heterocycles. The van der Waals surface area contributed by atoms with E-state index in [-0.39, 0.29) is 37.2 Å². The summed E-state index contributed by atoms with van der Waals surface area (Å²) in [6.45, 7) is 0.0536. The molecule has 2 aromatic rings. The topological polar surface area (TPSA) is 120 Å². The van der Waals surface area contributed by atoms with Gasteiger partial charge in [0, 0.05) is 19.3 Å². The van der Waals surface area contributed by atoms with Crippen LogP contribution in [0.4, 0.5) is 0 Å². The van der Waals surface area contributed by atoms with Crippen molar-refractivity contribution in [3.8, 4) is 11.5 Å². The van der Waals surface area contributed by atoms with Gasteiger partial charge in [0.1, 0.15) is 16.9 Å². The molecule has 0 unspecified atom stereocenters. The Morgan fingerprint density at radius 3 is 2.79 bits per heavy atom. The Hall–Kier alpha value is -3.13. The van der Waals surface area contributed by atoms with E-state index < -0.39 is 23.4 Å². The highest BCUT2D eigenvalue weighted by Crippen LogP contribution is 2.36. The monoisotopic (exact) mass is 386 g/mol. The van der Waals surface area contributed by atoms with Gasteiger partial charge in [-0.05, 0) is 36.6 Å². The lowest BCUT2D eigenvalue weighted by Crippen LogP contribution is -2.58. The Labute approximate surface area is 162 Å². The van der Waals surface area contributed by atoms with Gasteiger partial charge in [0.15, 0.2) is 0 Å². The van der Waals surface area contributed by atoms with E-state index >= 15 is 0 Å². The highest BCUT2D eigenvalue weighted by Gasteiger charge is 2.50. The summed E-state index contributed by atoms with van der Waals surface area (Å²) >= 11 is 0. The normalized spacial score (nSPS) is 21.9. The third kappa shape index (κ3) is 3.77. The number of carbonyl (C=O) groups is 2. The molecule has 1 aromatic carbocycles. The Bertz CT molecular complexity index is 887. The molecule has 1 fully saturated rings. The number of ether oxygens (including phenoxy) is 1. The molecule has 2 heterocycles. The minimum atomic E-state index is -1.55. The zero-order valence-electron chi connectivity index (χ0n) is 15.4. The fourth-order valence-electron chi connectivity index (χ4n) is 3.59. The molecular weight excluding hydrogens is 364 g/mol. The molecule has 28 heavy (non-hydrogen) atoms. The maximum Gasteiger partial charge on any atom is 0.314 e. The first-order chi connectivity index (χ1) is 13.4. The molecule has 1 aliphatic heterocycles. The number of nitrogens with zero attached hydrogens (tertiary/aromatic N) is 2. The maximum atomic E-state index is 12.8. The summed E-state index contributed by atoms with van der Waals surface area (Å²) in [5, 5.41) is 30.1. The van der Waals surface area contributed by atoms with Crippen molar-refractivity contribution < 1.29 is 29.6 Å². The van der Waals surface area contributed by atoms with E-state index in [1.165, 1.54) is 30.5 Å². The molecule has 1 amide bonds. The molecule has 0 saturated carbocycles. The number of aliphatic carboxylic acids is 1. The van der Waals surface area contributed by atoms with E-state index in [1.807, 2.05) is 0 Å². The van der Waals surface area contributed by atoms with Crippen LogP contribution in [0.1, 0.15) is 22.3 Å². The molecule has 0 bridgehead atoms. The lowest BCUT2D eigenvalue weighted by molar-refractivity contribution is -0.161. The van der Waals surface area contributed by atoms with Crippen LogP contribution < -0.4 is 4.74 Å². The number of hydrogen-bond acceptors (Lipinski definition) is 6. The van der Waals surface area contributed by atoms with Crippen molar-refractivity contribution in [2.24, 2.45) is 5.41 Å². The quantitative estimate of drug-likeness (QED) is 0.709. The van der Waals surface area contributed by atoms with Crippen LogP contribution >= 0.6 is 0 Å². The van der Waals surface area contributed by atoms with Gasteiger partial charge in [-0.1, -0.05) is 12.1 Å². The van der Waals surface area contributed by atoms with Crippen molar-refractivity contribution in [1.82, 2.24) is 9.88 Å². The van der Waals surface area contributed by atoms with Crippen molar-refractivity contribution >= 4 is 11.9 Å². The van der Waals surface area contributed by atoms with Gasteiger partial charge in [-0.15, -0.1) is 0 Å². The molecular formula is C20H22N2O6. The van der Waals surface area contributed by atoms with Crippen molar-refractivity contribution in [3.63, 3.8) is 0 Å². The zero-order valence-corrected chi connectivity index (χ0v) is 15.4. The van der Waals surface area contributed by atoms with Gasteiger partial charge in [-0.2, -0.15) is 0 Å². The third-order valence-electron chi connectivity index (χ3n) is 5.12. The van der Waals surface area contributed by atoms with Gasteiger partial charge in [-0.25, -0.2) is 0 Å². The SMILES string of the molecule is COc1cccc(C[C@@]2(C(=O)O)CN(C(=O)c3cncc(O)c3)CC[C@@H]2O)c1. The van der Waals surface area contributed by atoms with E-state index in [2.05, 4.69) is 4.98 Å². The molecule has 8 nitrogen and oxygen atoms in total. The number of aromatic nitrogens is 1. The number of methoxy groups -OCH3 is 1. The predicted octanol–water partition coefficient (Wildman–Crippen LogP) is 1.32. The third-order valence-corrected chi connectivity index (χ3v) is 5.12. The number of aliphatic hydroxyl groups is 1. The summed E-state index contributed by atoms with van der Waals surface area (Å²) in [6.07, 6.45) is 1.60. The number of carboxylic acids is 1. The summed E-state index contributed by atoms with van der Waals surface area (Å²) in [5.74, 6) is -1.17. The highest BCUT2D eigenvalue weighted by atomic mass is 16.5. The van der Waals surface area contributed by atoms with Gasteiger partial charge in [0.25, 0.3) is 5.91 Å². The molecule has 0 radical (unpaired) electrons. The average molecular weight is 386 g/mol. The van der Waals surface area contributed by atoms with Crippen LogP contribution in [0.25, 0.3) is 0 Å². The number of benzene rings is 1. The van der Waals surface area contributed by atoms with Gasteiger partial charge in [0.2, 0.25) is 0 Å². The molecule has 1 aromatic heterocycles. The molecule has 148 valence electrons. The second kappa shape index (κ2) is 7.85. The van der Waals surface area contributed by atoms with Crippen molar-refractivity contribution in [3.05, 3.63) is 53.9 Å². The summed E-state index contributed by atoms with van der Waals surface area (Å²) in [5.41, 5.74) is -0.698. The lowest BCUT2D eigenvalue weighted by atomic mass is 9.72. The number of pyridine rings is 1. The summed E-state index contributed by atoms with van der Waals surface area (Å²) in [4.78, 5) is 30.2. The van der Waals surface area contributed by atoms with Gasteiger partial charge in [-0.3, -0.25) is 14.6 Å². The Balaban J connectivity index is 1.90. The molecule has 2 atom stereocenters. The fraction of sp³-hybridized carbons (Fsp3) is 0.350. The van der Waals surface area contributed by atoms with Crippen LogP contribution in [0, 0.1) is 5.41 Å². The lowest BCUT2D eigenvalue weighted by Gasteiger charge is -2.43. The number of amides is 1. The van der Waals surface area contributed by atoms with Crippen LogP contribution in [-0.4, -0.2) is 63.4 Å². The molecule has 0 spiro atoms. The number of carboxylic acid groups (broad SMARTS) is 1. The largest absolute Gasteiger partial charge is 0.506 e. The van der Waals surface area contributed by atoms with Crippen LogP contribution in [0.15, 0.2) is 42.7 Å². The van der Waals surface area contributed by atoms with Gasteiger partial charge in [0.05, 0.1) is 25.0 Å². The van der Waals surface area contributed by atoms with E-state index in [0.29, 0.717) is 11.3 Å². The van der Waals surface area contributed by atoms with E-state index in [4.69, 9.17) is 4.74 Å². The second-order valence-electron chi connectivity index (χ2n) is 6.95. The van der Waals surface area contributed by atoms with E-state index in [0.717, 1.165) is 0 Å². The Morgan fingerprint density at radius 1 is 1.32 bits per heavy atom. The van der Waals surface area contributed by atoms with Crippen LogP contribution in [0.2, 0.25) is 0 Å². The summed E-state index contributed by atoms with van der Waals surface area (Å²) in [7, 11) is 1.52.